The second-order valence-corrected chi connectivity index (χ2v) is 6.20. The highest BCUT2D eigenvalue weighted by Crippen LogP contribution is 2.25. The minimum absolute atomic E-state index is 0.177. The van der Waals surface area contributed by atoms with Gasteiger partial charge < -0.3 is 10.6 Å². The molecule has 0 saturated carbocycles. The van der Waals surface area contributed by atoms with Crippen molar-refractivity contribution in [1.29, 1.82) is 0 Å². The summed E-state index contributed by atoms with van der Waals surface area (Å²) in [4.78, 5) is 12.3. The maximum absolute atomic E-state index is 12.3. The fourth-order valence-electron chi connectivity index (χ4n) is 2.21. The van der Waals surface area contributed by atoms with Gasteiger partial charge in [0.25, 0.3) is 0 Å². The summed E-state index contributed by atoms with van der Waals surface area (Å²) in [5, 5.41) is 6.95. The van der Waals surface area contributed by atoms with Gasteiger partial charge in [-0.1, -0.05) is 29.3 Å². The van der Waals surface area contributed by atoms with Gasteiger partial charge in [-0.3, -0.25) is 4.79 Å². The molecule has 0 saturated heterocycles. The van der Waals surface area contributed by atoms with Crippen LogP contribution in [0.3, 0.4) is 0 Å². The van der Waals surface area contributed by atoms with Gasteiger partial charge in [-0.05, 0) is 62.2 Å². The Morgan fingerprint density at radius 2 is 1.68 bits per heavy atom. The monoisotopic (exact) mass is 336 g/mol. The van der Waals surface area contributed by atoms with Crippen LogP contribution >= 0.6 is 23.2 Å². The van der Waals surface area contributed by atoms with E-state index in [1.54, 1.807) is 25.1 Å². The number of halogens is 2. The van der Waals surface area contributed by atoms with Crippen LogP contribution in [0, 0.1) is 13.8 Å². The van der Waals surface area contributed by atoms with Crippen molar-refractivity contribution in [3.63, 3.8) is 0 Å². The summed E-state index contributed by atoms with van der Waals surface area (Å²) < 4.78 is 0. The number of anilines is 2. The van der Waals surface area contributed by atoms with Gasteiger partial charge in [-0.2, -0.15) is 0 Å². The maximum Gasteiger partial charge on any atom is 0.246 e. The van der Waals surface area contributed by atoms with Gasteiger partial charge >= 0.3 is 0 Å². The summed E-state index contributed by atoms with van der Waals surface area (Å²) in [5.41, 5.74) is 3.71. The third-order valence-corrected chi connectivity index (χ3v) is 3.75. The lowest BCUT2D eigenvalue weighted by molar-refractivity contribution is -0.116. The molecule has 0 fully saturated rings. The van der Waals surface area contributed by atoms with Crippen molar-refractivity contribution < 1.29 is 4.79 Å². The van der Waals surface area contributed by atoms with Crippen molar-refractivity contribution in [2.45, 2.75) is 26.8 Å². The van der Waals surface area contributed by atoms with Crippen LogP contribution in [0.15, 0.2) is 36.4 Å². The molecular formula is C17H18Cl2N2O. The number of carbonyl (C=O) groups excluding carboxylic acids is 1. The lowest BCUT2D eigenvalue weighted by Gasteiger charge is -2.17. The number of carbonyl (C=O) groups is 1. The molecule has 0 spiro atoms. The zero-order valence-corrected chi connectivity index (χ0v) is 14.2. The fraction of sp³-hybridized carbons (Fsp3) is 0.235. The summed E-state index contributed by atoms with van der Waals surface area (Å²) in [6, 6.07) is 10.6. The summed E-state index contributed by atoms with van der Waals surface area (Å²) in [5.74, 6) is -0.177. The van der Waals surface area contributed by atoms with Crippen molar-refractivity contribution in [3.8, 4) is 0 Å². The normalized spacial score (nSPS) is 11.9. The van der Waals surface area contributed by atoms with Gasteiger partial charge in [0.15, 0.2) is 0 Å². The summed E-state index contributed by atoms with van der Waals surface area (Å²) in [6.07, 6.45) is 0. The van der Waals surface area contributed by atoms with E-state index in [2.05, 4.69) is 16.7 Å². The number of hydrogen-bond donors (Lipinski definition) is 2. The number of rotatable bonds is 4. The van der Waals surface area contributed by atoms with Crippen LogP contribution in [-0.4, -0.2) is 11.9 Å². The highest BCUT2D eigenvalue weighted by molar-refractivity contribution is 6.35. The lowest BCUT2D eigenvalue weighted by atomic mass is 10.1. The minimum atomic E-state index is -0.406. The van der Waals surface area contributed by atoms with E-state index in [9.17, 15) is 4.79 Å². The summed E-state index contributed by atoms with van der Waals surface area (Å²) in [7, 11) is 0. The average Bonchev–Trinajstić information content (AvgIpc) is 2.41. The number of nitrogens with one attached hydrogen (secondary N) is 2. The van der Waals surface area contributed by atoms with Crippen LogP contribution in [0.1, 0.15) is 18.1 Å². The van der Waals surface area contributed by atoms with E-state index in [-0.39, 0.29) is 5.91 Å². The van der Waals surface area contributed by atoms with Crippen LogP contribution in [0.2, 0.25) is 10.0 Å². The predicted molar refractivity (Wildman–Crippen MR) is 94.1 cm³/mol. The molecule has 5 heteroatoms. The Bertz CT molecular complexity index is 681. The molecule has 1 amide bonds. The molecule has 0 unspecified atom stereocenters. The zero-order chi connectivity index (χ0) is 16.3. The smallest absolute Gasteiger partial charge is 0.246 e. The predicted octanol–water partition coefficient (Wildman–Crippen LogP) is 5.05. The van der Waals surface area contributed by atoms with Crippen molar-refractivity contribution in [2.75, 3.05) is 10.6 Å². The highest BCUT2D eigenvalue weighted by atomic mass is 35.5. The Kier molecular flexibility index (Phi) is 5.33. The molecule has 0 aliphatic rings. The quantitative estimate of drug-likeness (QED) is 0.820. The molecule has 1 atom stereocenters. The van der Waals surface area contributed by atoms with Crippen molar-refractivity contribution in [1.82, 2.24) is 0 Å². The first-order valence-electron chi connectivity index (χ1n) is 6.96. The Hall–Kier alpha value is -1.71. The first-order chi connectivity index (χ1) is 10.3. The third kappa shape index (κ3) is 4.39. The first kappa shape index (κ1) is 16.7. The van der Waals surface area contributed by atoms with E-state index in [0.717, 1.165) is 16.8 Å². The molecule has 22 heavy (non-hydrogen) atoms. The molecule has 0 aliphatic heterocycles. The van der Waals surface area contributed by atoms with Gasteiger partial charge in [0, 0.05) is 10.7 Å². The minimum Gasteiger partial charge on any atom is -0.374 e. The largest absolute Gasteiger partial charge is 0.374 e. The number of benzene rings is 2. The average molecular weight is 337 g/mol. The van der Waals surface area contributed by atoms with Crippen molar-refractivity contribution in [3.05, 3.63) is 57.6 Å². The van der Waals surface area contributed by atoms with E-state index in [4.69, 9.17) is 23.2 Å². The van der Waals surface area contributed by atoms with Gasteiger partial charge in [0.05, 0.1) is 10.7 Å². The molecule has 0 heterocycles. The summed E-state index contributed by atoms with van der Waals surface area (Å²) >= 11 is 12.0. The molecule has 2 aromatic carbocycles. The van der Waals surface area contributed by atoms with Crippen LogP contribution in [0.4, 0.5) is 11.4 Å². The second-order valence-electron chi connectivity index (χ2n) is 5.36. The van der Waals surface area contributed by atoms with E-state index >= 15 is 0 Å². The van der Waals surface area contributed by atoms with Gasteiger partial charge in [-0.15, -0.1) is 0 Å². The Balaban J connectivity index is 2.07. The second kappa shape index (κ2) is 7.03. The van der Waals surface area contributed by atoms with Gasteiger partial charge in [0.2, 0.25) is 5.91 Å². The molecule has 3 nitrogen and oxygen atoms in total. The summed E-state index contributed by atoms with van der Waals surface area (Å²) in [6.45, 7) is 5.84. The number of amides is 1. The van der Waals surface area contributed by atoms with Crippen LogP contribution < -0.4 is 10.6 Å². The molecule has 0 aliphatic carbocycles. The topological polar surface area (TPSA) is 41.1 Å². The number of hydrogen-bond acceptors (Lipinski definition) is 2. The lowest BCUT2D eigenvalue weighted by Crippen LogP contribution is -2.32. The standard InChI is InChI=1S/C17H18Cl2N2O/c1-10-6-11(2)8-14(7-10)20-12(3)17(22)21-16-9-13(18)4-5-15(16)19/h4-9,12,20H,1-3H3,(H,21,22)/t12-/m0/s1. The Morgan fingerprint density at radius 1 is 1.05 bits per heavy atom. The zero-order valence-electron chi connectivity index (χ0n) is 12.7. The first-order valence-corrected chi connectivity index (χ1v) is 7.71. The molecule has 2 N–H and O–H groups in total. The SMILES string of the molecule is Cc1cc(C)cc(N[C@@H](C)C(=O)Nc2cc(Cl)ccc2Cl)c1. The molecule has 0 bridgehead atoms. The van der Waals surface area contributed by atoms with E-state index in [1.165, 1.54) is 0 Å². The third-order valence-electron chi connectivity index (χ3n) is 3.18. The van der Waals surface area contributed by atoms with Crippen molar-refractivity contribution in [2.24, 2.45) is 0 Å². The van der Waals surface area contributed by atoms with E-state index in [0.29, 0.717) is 15.7 Å². The van der Waals surface area contributed by atoms with E-state index < -0.39 is 6.04 Å². The molecule has 2 aromatic rings. The van der Waals surface area contributed by atoms with E-state index in [1.807, 2.05) is 26.0 Å². The van der Waals surface area contributed by atoms with Crippen molar-refractivity contribution >= 4 is 40.5 Å². The Labute approximate surface area is 140 Å². The molecular weight excluding hydrogens is 319 g/mol. The molecule has 0 radical (unpaired) electrons. The molecule has 116 valence electrons. The molecule has 2 rings (SSSR count). The number of aryl methyl sites for hydroxylation is 2. The highest BCUT2D eigenvalue weighted by Gasteiger charge is 2.14. The molecule has 0 aromatic heterocycles. The van der Waals surface area contributed by atoms with Crippen LogP contribution in [0.5, 0.6) is 0 Å². The van der Waals surface area contributed by atoms with Crippen LogP contribution in [0.25, 0.3) is 0 Å². The van der Waals surface area contributed by atoms with Crippen LogP contribution in [-0.2, 0) is 4.79 Å². The van der Waals surface area contributed by atoms with Gasteiger partial charge in [0.1, 0.15) is 6.04 Å². The van der Waals surface area contributed by atoms with Gasteiger partial charge in [-0.25, -0.2) is 0 Å². The maximum atomic E-state index is 12.3. The Morgan fingerprint density at radius 3 is 2.32 bits per heavy atom. The fourth-order valence-corrected chi connectivity index (χ4v) is 2.54.